The summed E-state index contributed by atoms with van der Waals surface area (Å²) in [6.45, 7) is 7.03. The van der Waals surface area contributed by atoms with Crippen LogP contribution in [0.15, 0.2) is 170 Å². The first kappa shape index (κ1) is 36.6. The van der Waals surface area contributed by atoms with E-state index in [9.17, 15) is 0 Å². The number of hydrogen-bond acceptors (Lipinski definition) is 5. The predicted molar refractivity (Wildman–Crippen MR) is 268 cm³/mol. The summed E-state index contributed by atoms with van der Waals surface area (Å²) in [4.78, 5) is 16.8. The van der Waals surface area contributed by atoms with Gasteiger partial charge in [0.15, 0.2) is 0 Å². The van der Waals surface area contributed by atoms with Crippen LogP contribution in [-0.4, -0.2) is 15.0 Å². The summed E-state index contributed by atoms with van der Waals surface area (Å²) in [5, 5.41) is 10.0. The molecular weight excluding hydrogens is 803 g/mol. The molecule has 12 aromatic rings. The van der Waals surface area contributed by atoms with Crippen molar-refractivity contribution in [3.05, 3.63) is 198 Å². The van der Waals surface area contributed by atoms with Gasteiger partial charge in [0.1, 0.15) is 10.7 Å². The van der Waals surface area contributed by atoms with Crippen molar-refractivity contribution >= 4 is 84.7 Å². The number of benzene rings is 8. The minimum atomic E-state index is -0.141. The normalized spacial score (nSPS) is 13.2. The van der Waals surface area contributed by atoms with E-state index in [0.29, 0.717) is 6.42 Å². The largest absolute Gasteiger partial charge is 0.264 e. The Morgan fingerprint density at radius 2 is 1.27 bits per heavy atom. The highest BCUT2D eigenvalue weighted by Crippen LogP contribution is 2.51. The molecular formula is C58H39N3S2. The van der Waals surface area contributed by atoms with Crippen molar-refractivity contribution in [2.24, 2.45) is 0 Å². The van der Waals surface area contributed by atoms with Crippen molar-refractivity contribution in [2.75, 3.05) is 0 Å². The molecule has 0 unspecified atom stereocenters. The van der Waals surface area contributed by atoms with Crippen LogP contribution in [0.5, 0.6) is 0 Å². The average Bonchev–Trinajstić information content (AvgIpc) is 3.98. The summed E-state index contributed by atoms with van der Waals surface area (Å²) in [5.74, 6) is 0.811. The van der Waals surface area contributed by atoms with Gasteiger partial charge in [0.2, 0.25) is 0 Å². The maximum atomic E-state index is 5.70. The first-order chi connectivity index (χ1) is 30.9. The van der Waals surface area contributed by atoms with Crippen molar-refractivity contribution in [3.63, 3.8) is 0 Å². The number of pyridine rings is 1. The summed E-state index contributed by atoms with van der Waals surface area (Å²) in [5.41, 5.74) is 14.5. The smallest absolute Gasteiger partial charge is 0.135 e. The molecule has 13 rings (SSSR count). The Bertz CT molecular complexity index is 3870. The Kier molecular flexibility index (Phi) is 7.97. The monoisotopic (exact) mass is 841 g/mol. The van der Waals surface area contributed by atoms with Crippen LogP contribution in [0.1, 0.15) is 41.9 Å². The second-order valence-corrected chi connectivity index (χ2v) is 19.6. The van der Waals surface area contributed by atoms with Gasteiger partial charge in [-0.2, -0.15) is 0 Å². The SMILES string of the molecule is Cc1c(-c2ccc(-c3cccnc3)cc2Cc2nc(-c3ccc4c(c3)C(C)(C)c3ccccc3-4)c3c(n2)sc2ccc4ccccc4c23)c2ccccc2c2c1sc1ccccc12. The topological polar surface area (TPSA) is 38.7 Å². The number of nitrogens with zero attached hydrogens (tertiary/aromatic N) is 3. The molecule has 0 saturated heterocycles. The minimum absolute atomic E-state index is 0.141. The maximum absolute atomic E-state index is 5.70. The highest BCUT2D eigenvalue weighted by Gasteiger charge is 2.35. The quantitative estimate of drug-likeness (QED) is 0.173. The zero-order chi connectivity index (χ0) is 42.0. The van der Waals surface area contributed by atoms with Crippen LogP contribution in [-0.2, 0) is 11.8 Å². The van der Waals surface area contributed by atoms with Crippen LogP contribution in [0.2, 0.25) is 0 Å². The molecule has 0 fully saturated rings. The van der Waals surface area contributed by atoms with Crippen molar-refractivity contribution in [3.8, 4) is 44.6 Å². The summed E-state index contributed by atoms with van der Waals surface area (Å²) in [7, 11) is 0. The van der Waals surface area contributed by atoms with Crippen molar-refractivity contribution < 1.29 is 0 Å². The number of aromatic nitrogens is 3. The number of aryl methyl sites for hydroxylation is 1. The number of fused-ring (bicyclic) bond motifs is 13. The zero-order valence-electron chi connectivity index (χ0n) is 35.0. The second kappa shape index (κ2) is 13.7. The van der Waals surface area contributed by atoms with E-state index in [0.717, 1.165) is 38.4 Å². The van der Waals surface area contributed by atoms with Gasteiger partial charge in [-0.25, -0.2) is 9.97 Å². The van der Waals surface area contributed by atoms with E-state index in [1.807, 2.05) is 29.8 Å². The molecule has 0 aliphatic heterocycles. The average molecular weight is 842 g/mol. The van der Waals surface area contributed by atoms with Gasteiger partial charge in [-0.3, -0.25) is 4.98 Å². The predicted octanol–water partition coefficient (Wildman–Crippen LogP) is 16.1. The van der Waals surface area contributed by atoms with Gasteiger partial charge in [-0.1, -0.05) is 147 Å². The maximum Gasteiger partial charge on any atom is 0.135 e. The third kappa shape index (κ3) is 5.46. The van der Waals surface area contributed by atoms with Crippen molar-refractivity contribution in [1.29, 1.82) is 0 Å². The highest BCUT2D eigenvalue weighted by molar-refractivity contribution is 7.26. The zero-order valence-corrected chi connectivity index (χ0v) is 36.7. The lowest BCUT2D eigenvalue weighted by atomic mass is 9.82. The lowest BCUT2D eigenvalue weighted by molar-refractivity contribution is 0.660. The van der Waals surface area contributed by atoms with Crippen LogP contribution in [0.3, 0.4) is 0 Å². The Hall–Kier alpha value is -7.05. The molecule has 8 aromatic carbocycles. The molecule has 0 atom stereocenters. The summed E-state index contributed by atoms with van der Waals surface area (Å²) < 4.78 is 3.88. The Morgan fingerprint density at radius 3 is 2.14 bits per heavy atom. The molecule has 4 aromatic heterocycles. The molecule has 0 bridgehead atoms. The second-order valence-electron chi connectivity index (χ2n) is 17.5. The fourth-order valence-electron chi connectivity index (χ4n) is 10.6. The Labute approximate surface area is 373 Å². The molecule has 298 valence electrons. The van der Waals surface area contributed by atoms with Gasteiger partial charge in [-0.15, -0.1) is 22.7 Å². The van der Waals surface area contributed by atoms with Crippen LogP contribution in [0, 0.1) is 6.92 Å². The third-order valence-electron chi connectivity index (χ3n) is 13.6. The van der Waals surface area contributed by atoms with E-state index in [2.05, 4.69) is 177 Å². The standard InChI is InChI=1S/C58H39N3S2/c1-33-51(43-17-6-7-18-44(43)52-45-19-9-11-21-48(45)62-56(33)52)40-25-22-35(37-14-12-28-59-32-37)29-38(40)31-50-60-55(36-23-26-42-41-16-8-10-20-46(41)58(2,3)47(42)30-36)54-53-39-15-5-4-13-34(39)24-27-49(53)63-57(54)61-50/h4-30,32H,31H2,1-3H3. The number of thiophene rings is 2. The van der Waals surface area contributed by atoms with Crippen LogP contribution >= 0.6 is 22.7 Å². The van der Waals surface area contributed by atoms with Gasteiger partial charge in [0.25, 0.3) is 0 Å². The van der Waals surface area contributed by atoms with Gasteiger partial charge >= 0.3 is 0 Å². The Morgan fingerprint density at radius 1 is 0.524 bits per heavy atom. The third-order valence-corrected chi connectivity index (χ3v) is 16.0. The lowest BCUT2D eigenvalue weighted by Gasteiger charge is -2.22. The van der Waals surface area contributed by atoms with Crippen LogP contribution in [0.25, 0.3) is 107 Å². The van der Waals surface area contributed by atoms with Gasteiger partial charge in [0, 0.05) is 65.4 Å². The first-order valence-corrected chi connectivity index (χ1v) is 23.3. The molecule has 4 heterocycles. The van der Waals surface area contributed by atoms with Gasteiger partial charge in [0.05, 0.1) is 5.69 Å². The van der Waals surface area contributed by atoms with Crippen LogP contribution < -0.4 is 0 Å². The van der Waals surface area contributed by atoms with Crippen molar-refractivity contribution in [2.45, 2.75) is 32.6 Å². The first-order valence-electron chi connectivity index (χ1n) is 21.6. The molecule has 0 amide bonds. The summed E-state index contributed by atoms with van der Waals surface area (Å²) in [6.07, 6.45) is 4.35. The fraction of sp³-hybridized carbons (Fsp3) is 0.0862. The van der Waals surface area contributed by atoms with Gasteiger partial charge < -0.3 is 0 Å². The van der Waals surface area contributed by atoms with Gasteiger partial charge in [-0.05, 0) is 108 Å². The molecule has 0 spiro atoms. The number of rotatable bonds is 5. The van der Waals surface area contributed by atoms with E-state index in [1.165, 1.54) is 96.3 Å². The van der Waals surface area contributed by atoms with E-state index in [-0.39, 0.29) is 5.41 Å². The minimum Gasteiger partial charge on any atom is -0.264 e. The highest BCUT2D eigenvalue weighted by atomic mass is 32.1. The molecule has 63 heavy (non-hydrogen) atoms. The Balaban J connectivity index is 1.07. The van der Waals surface area contributed by atoms with E-state index in [1.54, 1.807) is 11.3 Å². The van der Waals surface area contributed by atoms with E-state index >= 15 is 0 Å². The molecule has 1 aliphatic carbocycles. The molecule has 1 aliphatic rings. The number of hydrogen-bond donors (Lipinski definition) is 0. The molecule has 3 nitrogen and oxygen atoms in total. The van der Waals surface area contributed by atoms with Crippen LogP contribution in [0.4, 0.5) is 0 Å². The molecule has 5 heteroatoms. The molecule has 0 N–H and O–H groups in total. The summed E-state index contributed by atoms with van der Waals surface area (Å²) >= 11 is 3.67. The lowest BCUT2D eigenvalue weighted by Crippen LogP contribution is -2.15. The summed E-state index contributed by atoms with van der Waals surface area (Å²) in [6, 6.07) is 58.1. The van der Waals surface area contributed by atoms with Crippen molar-refractivity contribution in [1.82, 2.24) is 15.0 Å². The molecule has 0 saturated carbocycles. The van der Waals surface area contributed by atoms with E-state index in [4.69, 9.17) is 9.97 Å². The van der Waals surface area contributed by atoms with E-state index < -0.39 is 0 Å². The molecule has 0 radical (unpaired) electrons. The fourth-order valence-corrected chi connectivity index (χ4v) is 13.0.